The molecule has 3 aromatic rings. The first-order chi connectivity index (χ1) is 18.2. The van der Waals surface area contributed by atoms with Gasteiger partial charge in [-0.2, -0.15) is 13.2 Å². The minimum absolute atomic E-state index is 0.165. The van der Waals surface area contributed by atoms with E-state index >= 15 is 0 Å². The van der Waals surface area contributed by atoms with E-state index < -0.39 is 29.6 Å². The van der Waals surface area contributed by atoms with Gasteiger partial charge in [0.15, 0.2) is 11.5 Å². The number of amides is 2. The molecule has 2 amide bonds. The second-order valence-electron chi connectivity index (χ2n) is 9.19. The number of carbonyl (C=O) groups excluding carboxylic acids is 2. The number of ether oxygens (including phenoxy) is 2. The van der Waals surface area contributed by atoms with Crippen molar-refractivity contribution < 1.29 is 32.2 Å². The molecule has 0 radical (unpaired) electrons. The van der Waals surface area contributed by atoms with Gasteiger partial charge in [0.2, 0.25) is 5.91 Å². The topological polar surface area (TPSA) is 67.9 Å². The molecule has 0 saturated heterocycles. The highest BCUT2D eigenvalue weighted by Gasteiger charge is 2.46. The quantitative estimate of drug-likeness (QED) is 0.431. The summed E-state index contributed by atoms with van der Waals surface area (Å²) in [5, 5.41) is 2.78. The number of nitrogens with zero attached hydrogens (tertiary/aromatic N) is 1. The van der Waals surface area contributed by atoms with E-state index in [1.54, 1.807) is 29.2 Å². The van der Waals surface area contributed by atoms with Crippen LogP contribution in [0.4, 0.5) is 18.9 Å². The van der Waals surface area contributed by atoms with Crippen molar-refractivity contribution in [3.05, 3.63) is 88.5 Å². The lowest BCUT2D eigenvalue weighted by Crippen LogP contribution is -2.49. The Bertz CT molecular complexity index is 1370. The molecular formula is C29H27F3N2O4. The molecule has 0 aliphatic carbocycles. The van der Waals surface area contributed by atoms with Crippen LogP contribution in [0.15, 0.2) is 60.7 Å². The van der Waals surface area contributed by atoms with Crippen molar-refractivity contribution in [3.63, 3.8) is 0 Å². The molecule has 5 rings (SSSR count). The highest BCUT2D eigenvalue weighted by Crippen LogP contribution is 2.48. The molecule has 2 heterocycles. The lowest BCUT2D eigenvalue weighted by atomic mass is 9.75. The predicted octanol–water partition coefficient (Wildman–Crippen LogP) is 5.98. The van der Waals surface area contributed by atoms with Crippen LogP contribution in [0.1, 0.15) is 58.4 Å². The molecule has 6 nitrogen and oxygen atoms in total. The molecule has 0 bridgehead atoms. The Morgan fingerprint density at radius 3 is 2.29 bits per heavy atom. The fourth-order valence-corrected chi connectivity index (χ4v) is 5.32. The second kappa shape index (κ2) is 10.0. The van der Waals surface area contributed by atoms with Crippen LogP contribution >= 0.6 is 0 Å². The van der Waals surface area contributed by atoms with E-state index in [1.165, 1.54) is 12.1 Å². The van der Waals surface area contributed by atoms with Crippen LogP contribution < -0.4 is 14.8 Å². The molecule has 0 spiro atoms. The first-order valence-corrected chi connectivity index (χ1v) is 12.5. The van der Waals surface area contributed by atoms with Crippen LogP contribution in [0.5, 0.6) is 11.5 Å². The summed E-state index contributed by atoms with van der Waals surface area (Å²) >= 11 is 0. The van der Waals surface area contributed by atoms with E-state index in [4.69, 9.17) is 9.47 Å². The number of hydrogen-bond acceptors (Lipinski definition) is 4. The molecule has 0 aromatic heterocycles. The molecule has 38 heavy (non-hydrogen) atoms. The lowest BCUT2D eigenvalue weighted by molar-refractivity contribution is -0.137. The summed E-state index contributed by atoms with van der Waals surface area (Å²) in [5.41, 5.74) is 2.20. The molecule has 9 heteroatoms. The SMILES string of the molecule is CCOc1cc2c(cc1OCC)[C@@H]1[C@H](C(=O)Nc3ccc(C(F)(F)F)cc3)c3ccccc3C(=O)N1CC2. The van der Waals surface area contributed by atoms with Crippen molar-refractivity contribution in [3.8, 4) is 11.5 Å². The van der Waals surface area contributed by atoms with Gasteiger partial charge in [-0.05, 0) is 79.4 Å². The summed E-state index contributed by atoms with van der Waals surface area (Å²) in [6.45, 7) is 5.02. The third-order valence-electron chi connectivity index (χ3n) is 6.95. The molecule has 0 fully saturated rings. The zero-order valence-electron chi connectivity index (χ0n) is 21.0. The van der Waals surface area contributed by atoms with Gasteiger partial charge in [-0.15, -0.1) is 0 Å². The Kier molecular flexibility index (Phi) is 6.77. The molecule has 2 aliphatic heterocycles. The van der Waals surface area contributed by atoms with E-state index in [0.29, 0.717) is 48.8 Å². The summed E-state index contributed by atoms with van der Waals surface area (Å²) in [6, 6.07) is 14.4. The van der Waals surface area contributed by atoms with Crippen molar-refractivity contribution in [2.45, 2.75) is 38.4 Å². The maximum Gasteiger partial charge on any atom is 0.416 e. The highest BCUT2D eigenvalue weighted by atomic mass is 19.4. The summed E-state index contributed by atoms with van der Waals surface area (Å²) in [5.74, 6) is -0.239. The number of anilines is 1. The van der Waals surface area contributed by atoms with Gasteiger partial charge in [-0.25, -0.2) is 0 Å². The molecule has 0 unspecified atom stereocenters. The van der Waals surface area contributed by atoms with Gasteiger partial charge < -0.3 is 19.7 Å². The molecule has 2 atom stereocenters. The largest absolute Gasteiger partial charge is 0.490 e. The van der Waals surface area contributed by atoms with Gasteiger partial charge in [0.1, 0.15) is 0 Å². The zero-order chi connectivity index (χ0) is 27.0. The highest BCUT2D eigenvalue weighted by molar-refractivity contribution is 6.04. The zero-order valence-corrected chi connectivity index (χ0v) is 21.0. The van der Waals surface area contributed by atoms with Gasteiger partial charge in [0, 0.05) is 17.8 Å². The number of nitrogens with one attached hydrogen (secondary N) is 1. The van der Waals surface area contributed by atoms with E-state index in [2.05, 4.69) is 5.32 Å². The van der Waals surface area contributed by atoms with Crippen molar-refractivity contribution in [1.82, 2.24) is 4.90 Å². The average molecular weight is 525 g/mol. The summed E-state index contributed by atoms with van der Waals surface area (Å²) < 4.78 is 50.7. The lowest BCUT2D eigenvalue weighted by Gasteiger charge is -2.45. The monoisotopic (exact) mass is 524 g/mol. The maximum atomic E-state index is 13.8. The Hall–Kier alpha value is -4.01. The van der Waals surface area contributed by atoms with Crippen molar-refractivity contribution in [2.75, 3.05) is 25.1 Å². The third-order valence-corrected chi connectivity index (χ3v) is 6.95. The van der Waals surface area contributed by atoms with Crippen LogP contribution in [-0.2, 0) is 17.4 Å². The van der Waals surface area contributed by atoms with Gasteiger partial charge in [0.25, 0.3) is 5.91 Å². The standard InChI is InChI=1S/C29H27F3N2O4/c1-3-37-23-15-17-13-14-34-26(22(17)16-24(23)38-4-2)25(20-7-5-6-8-21(20)28(34)36)27(35)33-19-11-9-18(10-12-19)29(30,31)32/h5-12,15-16,25-26H,3-4,13-14H2,1-2H3,(H,33,35)/t25-,26-/m1/s1. The van der Waals surface area contributed by atoms with Gasteiger partial charge in [-0.3, -0.25) is 9.59 Å². The van der Waals surface area contributed by atoms with E-state index in [0.717, 1.165) is 23.3 Å². The summed E-state index contributed by atoms with van der Waals surface area (Å²) in [6.07, 6.45) is -3.89. The molecule has 2 aliphatic rings. The van der Waals surface area contributed by atoms with Crippen molar-refractivity contribution in [1.29, 1.82) is 0 Å². The summed E-state index contributed by atoms with van der Waals surface area (Å²) in [4.78, 5) is 29.1. The van der Waals surface area contributed by atoms with Gasteiger partial charge in [0.05, 0.1) is 30.7 Å². The second-order valence-corrected chi connectivity index (χ2v) is 9.19. The number of hydrogen-bond donors (Lipinski definition) is 1. The predicted molar refractivity (Wildman–Crippen MR) is 136 cm³/mol. The van der Waals surface area contributed by atoms with Crippen LogP contribution in [0, 0.1) is 0 Å². The minimum atomic E-state index is -4.48. The maximum absolute atomic E-state index is 13.8. The van der Waals surface area contributed by atoms with E-state index in [1.807, 2.05) is 26.0 Å². The van der Waals surface area contributed by atoms with Gasteiger partial charge in [-0.1, -0.05) is 18.2 Å². The fourth-order valence-electron chi connectivity index (χ4n) is 5.32. The number of alkyl halides is 3. The van der Waals surface area contributed by atoms with Crippen LogP contribution in [-0.4, -0.2) is 36.5 Å². The number of fused-ring (bicyclic) bond motifs is 4. The van der Waals surface area contributed by atoms with Crippen LogP contribution in [0.25, 0.3) is 0 Å². The molecule has 1 N–H and O–H groups in total. The Balaban J connectivity index is 1.59. The van der Waals surface area contributed by atoms with Crippen LogP contribution in [0.2, 0.25) is 0 Å². The fraction of sp³-hybridized carbons (Fsp3) is 0.310. The normalized spacial score (nSPS) is 18.2. The minimum Gasteiger partial charge on any atom is -0.490 e. The number of rotatable bonds is 6. The smallest absolute Gasteiger partial charge is 0.416 e. The molecule has 198 valence electrons. The van der Waals surface area contributed by atoms with Crippen molar-refractivity contribution in [2.24, 2.45) is 0 Å². The van der Waals surface area contributed by atoms with Gasteiger partial charge >= 0.3 is 6.18 Å². The number of carbonyl (C=O) groups is 2. The number of benzene rings is 3. The average Bonchev–Trinajstić information content (AvgIpc) is 2.89. The van der Waals surface area contributed by atoms with E-state index in [9.17, 15) is 22.8 Å². The Morgan fingerprint density at radius 2 is 1.63 bits per heavy atom. The summed E-state index contributed by atoms with van der Waals surface area (Å²) in [7, 11) is 0. The number of halogens is 3. The Labute approximate surface area is 218 Å². The molecular weight excluding hydrogens is 497 g/mol. The molecule has 0 saturated carbocycles. The van der Waals surface area contributed by atoms with Crippen LogP contribution in [0.3, 0.4) is 0 Å². The first-order valence-electron chi connectivity index (χ1n) is 12.5. The van der Waals surface area contributed by atoms with E-state index in [-0.39, 0.29) is 11.6 Å². The Morgan fingerprint density at radius 1 is 0.974 bits per heavy atom. The molecule has 3 aromatic carbocycles. The first kappa shape index (κ1) is 25.6. The third kappa shape index (κ3) is 4.57. The van der Waals surface area contributed by atoms with Crippen molar-refractivity contribution >= 4 is 17.5 Å².